The number of nitrogens with one attached hydrogen (secondary N) is 1. The molecule has 0 bridgehead atoms. The average Bonchev–Trinajstić information content (AvgIpc) is 2.35. The Morgan fingerprint density at radius 3 is 2.36 bits per heavy atom. The molecule has 1 rings (SSSR count). The van der Waals surface area contributed by atoms with E-state index in [1.165, 1.54) is 0 Å². The molecular formula is C12H17NO. The second-order valence-electron chi connectivity index (χ2n) is 4.51. The Balaban J connectivity index is 3.21. The molecule has 0 spiro atoms. The Labute approximate surface area is 85.4 Å². The molecule has 1 amide bonds. The Bertz CT molecular complexity index is 329. The van der Waals surface area contributed by atoms with Crippen LogP contribution in [-0.2, 0) is 4.79 Å². The van der Waals surface area contributed by atoms with E-state index in [4.69, 9.17) is 0 Å². The molecule has 2 heteroatoms. The minimum atomic E-state index is -0.0661. The van der Waals surface area contributed by atoms with Gasteiger partial charge < -0.3 is 5.32 Å². The third-order valence-corrected chi connectivity index (χ3v) is 2.40. The van der Waals surface area contributed by atoms with Crippen molar-refractivity contribution < 1.29 is 4.79 Å². The van der Waals surface area contributed by atoms with E-state index in [1.54, 1.807) is 0 Å². The number of hydrogen-bond donors (Lipinski definition) is 1. The van der Waals surface area contributed by atoms with E-state index in [2.05, 4.69) is 39.2 Å². The first kappa shape index (κ1) is 10.8. The van der Waals surface area contributed by atoms with Gasteiger partial charge in [0.1, 0.15) is 0 Å². The second-order valence-corrected chi connectivity index (χ2v) is 4.51. The van der Waals surface area contributed by atoms with Crippen LogP contribution in [0.15, 0.2) is 36.0 Å². The zero-order valence-electron chi connectivity index (χ0n) is 9.11. The first-order valence-corrected chi connectivity index (χ1v) is 4.71. The van der Waals surface area contributed by atoms with E-state index in [0.29, 0.717) is 12.1 Å². The van der Waals surface area contributed by atoms with Crippen LogP contribution in [0, 0.1) is 5.41 Å². The zero-order chi connectivity index (χ0) is 10.9. The van der Waals surface area contributed by atoms with Gasteiger partial charge >= 0.3 is 0 Å². The first-order valence-electron chi connectivity index (χ1n) is 4.71. The van der Waals surface area contributed by atoms with Gasteiger partial charge in [0.05, 0.1) is 0 Å². The third-order valence-electron chi connectivity index (χ3n) is 2.40. The van der Waals surface area contributed by atoms with Gasteiger partial charge in [0.25, 0.3) is 5.91 Å². The van der Waals surface area contributed by atoms with Crippen LogP contribution in [0.3, 0.4) is 0 Å². The highest BCUT2D eigenvalue weighted by Crippen LogP contribution is 2.32. The Hall–Kier alpha value is -1.31. The molecule has 1 aliphatic heterocycles. The summed E-state index contributed by atoms with van der Waals surface area (Å²) in [6.45, 7) is 14.5. The minimum Gasteiger partial charge on any atom is -0.348 e. The molecule has 0 aromatic carbocycles. The van der Waals surface area contributed by atoms with E-state index in [1.807, 2.05) is 6.08 Å². The van der Waals surface area contributed by atoms with Crippen LogP contribution < -0.4 is 5.32 Å². The molecule has 0 aromatic heterocycles. The lowest BCUT2D eigenvalue weighted by Gasteiger charge is -2.22. The van der Waals surface area contributed by atoms with Gasteiger partial charge in [-0.3, -0.25) is 4.79 Å². The van der Waals surface area contributed by atoms with E-state index in [-0.39, 0.29) is 11.3 Å². The van der Waals surface area contributed by atoms with E-state index >= 15 is 0 Å². The van der Waals surface area contributed by atoms with Crippen LogP contribution in [0.2, 0.25) is 0 Å². The van der Waals surface area contributed by atoms with Crippen LogP contribution >= 0.6 is 0 Å². The molecule has 2 nitrogen and oxygen atoms in total. The first-order chi connectivity index (χ1) is 6.38. The Morgan fingerprint density at radius 1 is 1.50 bits per heavy atom. The van der Waals surface area contributed by atoms with Crippen LogP contribution in [0.5, 0.6) is 0 Å². The van der Waals surface area contributed by atoms with Crippen molar-refractivity contribution in [2.24, 2.45) is 5.41 Å². The van der Waals surface area contributed by atoms with Gasteiger partial charge in [-0.15, -0.1) is 0 Å². The number of amides is 1. The summed E-state index contributed by atoms with van der Waals surface area (Å²) >= 11 is 0. The van der Waals surface area contributed by atoms with Crippen LogP contribution in [0.25, 0.3) is 0 Å². The predicted molar refractivity (Wildman–Crippen MR) is 58.8 cm³/mol. The maximum absolute atomic E-state index is 11.3. The number of carbonyl (C=O) groups excluding carboxylic acids is 1. The van der Waals surface area contributed by atoms with Crippen molar-refractivity contribution in [1.29, 1.82) is 0 Å². The highest BCUT2D eigenvalue weighted by atomic mass is 16.2. The van der Waals surface area contributed by atoms with Crippen molar-refractivity contribution in [2.45, 2.75) is 20.8 Å². The maximum atomic E-state index is 11.3. The molecule has 1 N–H and O–H groups in total. The molecule has 0 aliphatic carbocycles. The molecule has 0 aromatic rings. The molecule has 0 radical (unpaired) electrons. The van der Waals surface area contributed by atoms with Crippen molar-refractivity contribution in [3.8, 4) is 0 Å². The molecule has 0 saturated carbocycles. The molecule has 0 unspecified atom stereocenters. The largest absolute Gasteiger partial charge is 0.348 e. The molecular weight excluding hydrogens is 174 g/mol. The Morgan fingerprint density at radius 2 is 2.07 bits per heavy atom. The summed E-state index contributed by atoms with van der Waals surface area (Å²) in [5, 5.41) is 2.76. The fraction of sp³-hybridized carbons (Fsp3) is 0.417. The molecule has 14 heavy (non-hydrogen) atoms. The molecule has 1 heterocycles. The number of rotatable bonds is 1. The molecule has 0 atom stereocenters. The number of hydrogen-bond acceptors (Lipinski definition) is 1. The Kier molecular flexibility index (Phi) is 2.65. The van der Waals surface area contributed by atoms with Gasteiger partial charge in [0.2, 0.25) is 0 Å². The minimum absolute atomic E-state index is 0.00627. The summed E-state index contributed by atoms with van der Waals surface area (Å²) in [6, 6.07) is 0. The summed E-state index contributed by atoms with van der Waals surface area (Å²) < 4.78 is 0. The van der Waals surface area contributed by atoms with E-state index < -0.39 is 0 Å². The molecule has 1 saturated heterocycles. The fourth-order valence-electron chi connectivity index (χ4n) is 1.66. The van der Waals surface area contributed by atoms with Crippen molar-refractivity contribution >= 4 is 5.91 Å². The van der Waals surface area contributed by atoms with Gasteiger partial charge in [-0.25, -0.2) is 0 Å². The topological polar surface area (TPSA) is 29.1 Å². The summed E-state index contributed by atoms with van der Waals surface area (Å²) in [5.74, 6) is -0.0661. The standard InChI is InChI=1S/C12H17NO/c1-6-10(12(3,4)5)9-7-13-11(14)8(9)2/h6H,1-2,7H2,3-5H3,(H,13,14)/b10-9+. The lowest BCUT2D eigenvalue weighted by molar-refractivity contribution is -0.116. The van der Waals surface area contributed by atoms with Crippen molar-refractivity contribution in [2.75, 3.05) is 6.54 Å². The van der Waals surface area contributed by atoms with Crippen LogP contribution in [0.4, 0.5) is 0 Å². The fourth-order valence-corrected chi connectivity index (χ4v) is 1.66. The van der Waals surface area contributed by atoms with Crippen molar-refractivity contribution in [3.63, 3.8) is 0 Å². The monoisotopic (exact) mass is 191 g/mol. The SMILES string of the molecule is C=C/C(=C1/CNC(=O)C1=C)C(C)(C)C. The molecule has 1 fully saturated rings. The van der Waals surface area contributed by atoms with E-state index in [9.17, 15) is 4.79 Å². The summed E-state index contributed by atoms with van der Waals surface area (Å²) in [4.78, 5) is 11.3. The van der Waals surface area contributed by atoms with Gasteiger partial charge in [-0.1, -0.05) is 40.0 Å². The van der Waals surface area contributed by atoms with Crippen molar-refractivity contribution in [3.05, 3.63) is 36.0 Å². The molecule has 76 valence electrons. The highest BCUT2D eigenvalue weighted by Gasteiger charge is 2.26. The van der Waals surface area contributed by atoms with Gasteiger partial charge in [-0.05, 0) is 16.6 Å². The summed E-state index contributed by atoms with van der Waals surface area (Å²) in [6.07, 6.45) is 1.82. The average molecular weight is 191 g/mol. The van der Waals surface area contributed by atoms with Crippen molar-refractivity contribution in [1.82, 2.24) is 5.32 Å². The lowest BCUT2D eigenvalue weighted by atomic mass is 9.82. The van der Waals surface area contributed by atoms with Crippen LogP contribution in [-0.4, -0.2) is 12.5 Å². The van der Waals surface area contributed by atoms with Gasteiger partial charge in [0.15, 0.2) is 0 Å². The third kappa shape index (κ3) is 1.79. The predicted octanol–water partition coefficient (Wildman–Crippen LogP) is 2.20. The normalized spacial score (nSPS) is 20.8. The second kappa shape index (κ2) is 3.45. The smallest absolute Gasteiger partial charge is 0.251 e. The van der Waals surface area contributed by atoms with Crippen LogP contribution in [0.1, 0.15) is 20.8 Å². The van der Waals surface area contributed by atoms with Gasteiger partial charge in [-0.2, -0.15) is 0 Å². The maximum Gasteiger partial charge on any atom is 0.251 e. The lowest BCUT2D eigenvalue weighted by Crippen LogP contribution is -2.14. The zero-order valence-corrected chi connectivity index (χ0v) is 9.11. The van der Waals surface area contributed by atoms with E-state index in [0.717, 1.165) is 11.1 Å². The van der Waals surface area contributed by atoms with Gasteiger partial charge in [0, 0.05) is 12.1 Å². The molecule has 1 aliphatic rings. The summed E-state index contributed by atoms with van der Waals surface area (Å²) in [7, 11) is 0. The quantitative estimate of drug-likeness (QED) is 0.632. The number of carbonyl (C=O) groups is 1. The summed E-state index contributed by atoms with van der Waals surface area (Å²) in [5.41, 5.74) is 2.68. The number of allylic oxidation sites excluding steroid dienone is 2. The highest BCUT2D eigenvalue weighted by molar-refractivity contribution is 6.01.